The molecule has 7 nitrogen and oxygen atoms in total. The number of nitrogens with zero attached hydrogens (tertiary/aromatic N) is 2. The Hall–Kier alpha value is -3.90. The molecule has 3 rings (SSSR count). The van der Waals surface area contributed by atoms with Crippen LogP contribution in [0, 0.1) is 23.0 Å². The monoisotopic (exact) mass is 459 g/mol. The fraction of sp³-hybridized carbons (Fsp3) is 0.136. The average Bonchev–Trinajstić information content (AvgIpc) is 2.80. The fourth-order valence-electron chi connectivity index (χ4n) is 3.45. The Labute approximate surface area is 186 Å². The lowest BCUT2D eigenvalue weighted by Crippen LogP contribution is -2.41. The topological polar surface area (TPSA) is 106 Å². The van der Waals surface area contributed by atoms with Gasteiger partial charge in [0, 0.05) is 6.07 Å². The number of hydrogen-bond acceptors (Lipinski definition) is 7. The van der Waals surface area contributed by atoms with Crippen molar-refractivity contribution < 1.29 is 27.8 Å². The number of allylic oxidation sites excluding steroid dienone is 1. The van der Waals surface area contributed by atoms with Gasteiger partial charge in [-0.15, -0.1) is 0 Å². The predicted molar refractivity (Wildman–Crippen MR) is 111 cm³/mol. The van der Waals surface area contributed by atoms with Crippen LogP contribution in [0.25, 0.3) is 0 Å². The summed E-state index contributed by atoms with van der Waals surface area (Å²) in [5.41, 5.74) is 5.24. The molecule has 1 heterocycles. The van der Waals surface area contributed by atoms with Gasteiger partial charge in [0.05, 0.1) is 48.1 Å². The summed E-state index contributed by atoms with van der Waals surface area (Å²) in [5, 5.41) is 9.42. The highest BCUT2D eigenvalue weighted by atomic mass is 35.5. The van der Waals surface area contributed by atoms with Gasteiger partial charge in [0.25, 0.3) is 0 Å². The van der Waals surface area contributed by atoms with Crippen molar-refractivity contribution in [3.63, 3.8) is 0 Å². The van der Waals surface area contributed by atoms with Gasteiger partial charge in [-0.2, -0.15) is 5.26 Å². The van der Waals surface area contributed by atoms with Gasteiger partial charge in [0.15, 0.2) is 0 Å². The minimum absolute atomic E-state index is 0.163. The van der Waals surface area contributed by atoms with Gasteiger partial charge in [-0.05, 0) is 11.6 Å². The molecule has 2 N–H and O–H groups in total. The molecule has 1 unspecified atom stereocenters. The number of anilines is 1. The number of carbonyl (C=O) groups excluding carboxylic acids is 2. The third-order valence-electron chi connectivity index (χ3n) is 4.84. The lowest BCUT2D eigenvalue weighted by atomic mass is 9.81. The zero-order valence-corrected chi connectivity index (χ0v) is 17.6. The maximum atomic E-state index is 14.8. The molecular formula is C22H16ClF2N3O4. The Balaban J connectivity index is 2.46. The summed E-state index contributed by atoms with van der Waals surface area (Å²) in [4.78, 5) is 26.5. The van der Waals surface area contributed by atoms with Gasteiger partial charge in [0.1, 0.15) is 23.2 Å². The third kappa shape index (κ3) is 3.76. The Bertz CT molecular complexity index is 1210. The van der Waals surface area contributed by atoms with Crippen LogP contribution in [0.4, 0.5) is 14.5 Å². The molecule has 1 atom stereocenters. The molecule has 0 saturated carbocycles. The van der Waals surface area contributed by atoms with Crippen molar-refractivity contribution in [3.05, 3.63) is 87.3 Å². The van der Waals surface area contributed by atoms with Crippen molar-refractivity contribution in [2.45, 2.75) is 5.92 Å². The lowest BCUT2D eigenvalue weighted by Gasteiger charge is -2.36. The van der Waals surface area contributed by atoms with Gasteiger partial charge < -0.3 is 15.2 Å². The van der Waals surface area contributed by atoms with Crippen LogP contribution in [0.15, 0.2) is 65.1 Å². The first-order valence-corrected chi connectivity index (χ1v) is 9.44. The summed E-state index contributed by atoms with van der Waals surface area (Å²) in [7, 11) is 2.13. The standard InChI is InChI=1S/C22H16ClF2N3O4/c1-31-21(29)18-17(11-6-4-3-5-7-11)12(10-26)20(27)28(19(18)22(30)32-2)16-8-13(23)14(24)9-15(16)25/h3-9,17H,27H2,1-2H3. The summed E-state index contributed by atoms with van der Waals surface area (Å²) in [6.07, 6.45) is 0. The molecule has 1 aliphatic heterocycles. The number of hydrogen-bond donors (Lipinski definition) is 1. The van der Waals surface area contributed by atoms with Crippen molar-refractivity contribution in [1.82, 2.24) is 0 Å². The molecular weight excluding hydrogens is 444 g/mol. The quantitative estimate of drug-likeness (QED) is 0.550. The minimum atomic E-state index is -1.14. The van der Waals surface area contributed by atoms with E-state index in [-0.39, 0.29) is 17.0 Å². The molecule has 0 aliphatic carbocycles. The van der Waals surface area contributed by atoms with Crippen LogP contribution >= 0.6 is 11.6 Å². The SMILES string of the molecule is COC(=O)C1=C(C(=O)OC)N(c2cc(Cl)c(F)cc2F)C(N)=C(C#N)C1c1ccccc1. The number of nitrogens with two attached hydrogens (primary N) is 1. The molecule has 2 aromatic rings. The highest BCUT2D eigenvalue weighted by molar-refractivity contribution is 6.31. The average molecular weight is 460 g/mol. The number of esters is 2. The minimum Gasteiger partial charge on any atom is -0.466 e. The molecule has 0 aromatic heterocycles. The van der Waals surface area contributed by atoms with E-state index in [4.69, 9.17) is 26.8 Å². The first kappa shape index (κ1) is 22.8. The molecule has 164 valence electrons. The van der Waals surface area contributed by atoms with Gasteiger partial charge in [-0.25, -0.2) is 18.4 Å². The number of methoxy groups -OCH3 is 2. The smallest absolute Gasteiger partial charge is 0.355 e. The number of benzene rings is 2. The zero-order chi connectivity index (χ0) is 23.6. The lowest BCUT2D eigenvalue weighted by molar-refractivity contribution is -0.139. The van der Waals surface area contributed by atoms with Gasteiger partial charge in [0.2, 0.25) is 0 Å². The number of nitriles is 1. The summed E-state index contributed by atoms with van der Waals surface area (Å²) >= 11 is 5.82. The molecule has 0 spiro atoms. The second-order valence-electron chi connectivity index (χ2n) is 6.55. The fourth-order valence-corrected chi connectivity index (χ4v) is 3.60. The van der Waals surface area contributed by atoms with Crippen LogP contribution in [-0.4, -0.2) is 26.2 Å². The molecule has 0 fully saturated rings. The van der Waals surface area contributed by atoms with E-state index >= 15 is 0 Å². The van der Waals surface area contributed by atoms with E-state index in [1.165, 1.54) is 0 Å². The van der Waals surface area contributed by atoms with Crippen molar-refractivity contribution in [3.8, 4) is 6.07 Å². The molecule has 0 amide bonds. The second-order valence-corrected chi connectivity index (χ2v) is 6.96. The Morgan fingerprint density at radius 1 is 1.09 bits per heavy atom. The van der Waals surface area contributed by atoms with Crippen molar-refractivity contribution >= 4 is 29.2 Å². The number of rotatable bonds is 4. The normalized spacial score (nSPS) is 16.0. The first-order valence-electron chi connectivity index (χ1n) is 9.06. The molecule has 0 radical (unpaired) electrons. The Morgan fingerprint density at radius 2 is 1.72 bits per heavy atom. The largest absolute Gasteiger partial charge is 0.466 e. The van der Waals surface area contributed by atoms with Crippen LogP contribution in [0.2, 0.25) is 5.02 Å². The van der Waals surface area contributed by atoms with E-state index in [0.29, 0.717) is 11.6 Å². The highest BCUT2D eigenvalue weighted by Crippen LogP contribution is 2.44. The van der Waals surface area contributed by atoms with E-state index in [1.807, 2.05) is 6.07 Å². The van der Waals surface area contributed by atoms with E-state index < -0.39 is 45.9 Å². The number of ether oxygens (including phenoxy) is 2. The van der Waals surface area contributed by atoms with Crippen LogP contribution in [0.5, 0.6) is 0 Å². The maximum absolute atomic E-state index is 14.8. The summed E-state index contributed by atoms with van der Waals surface area (Å²) < 4.78 is 38.3. The molecule has 1 aliphatic rings. The zero-order valence-electron chi connectivity index (χ0n) is 16.9. The maximum Gasteiger partial charge on any atom is 0.355 e. The second kappa shape index (κ2) is 9.08. The van der Waals surface area contributed by atoms with E-state index in [9.17, 15) is 23.6 Å². The molecule has 10 heteroatoms. The van der Waals surface area contributed by atoms with E-state index in [1.54, 1.807) is 30.3 Å². The summed E-state index contributed by atoms with van der Waals surface area (Å²) in [5.74, 6) is -5.71. The van der Waals surface area contributed by atoms with Crippen LogP contribution in [0.3, 0.4) is 0 Å². The molecule has 2 aromatic carbocycles. The summed E-state index contributed by atoms with van der Waals surface area (Å²) in [6, 6.07) is 11.6. The highest BCUT2D eigenvalue weighted by Gasteiger charge is 2.43. The molecule has 32 heavy (non-hydrogen) atoms. The van der Waals surface area contributed by atoms with E-state index in [0.717, 1.165) is 25.2 Å². The van der Waals surface area contributed by atoms with Gasteiger partial charge in [-0.3, -0.25) is 4.90 Å². The predicted octanol–water partition coefficient (Wildman–Crippen LogP) is 3.52. The van der Waals surface area contributed by atoms with Crippen molar-refractivity contribution in [1.29, 1.82) is 5.26 Å². The van der Waals surface area contributed by atoms with Crippen molar-refractivity contribution in [2.24, 2.45) is 5.73 Å². The Morgan fingerprint density at radius 3 is 2.28 bits per heavy atom. The summed E-state index contributed by atoms with van der Waals surface area (Å²) in [6.45, 7) is 0. The van der Waals surface area contributed by atoms with E-state index in [2.05, 4.69) is 0 Å². The van der Waals surface area contributed by atoms with Gasteiger partial charge >= 0.3 is 11.9 Å². The van der Waals surface area contributed by atoms with Gasteiger partial charge in [-0.1, -0.05) is 41.9 Å². The number of carbonyl (C=O) groups is 2. The van der Waals surface area contributed by atoms with Crippen molar-refractivity contribution in [2.75, 3.05) is 19.1 Å². The van der Waals surface area contributed by atoms with Crippen LogP contribution < -0.4 is 10.6 Å². The Kier molecular flexibility index (Phi) is 6.46. The molecule has 0 bridgehead atoms. The first-order chi connectivity index (χ1) is 15.3. The molecule has 0 saturated heterocycles. The van der Waals surface area contributed by atoms with Crippen LogP contribution in [0.1, 0.15) is 11.5 Å². The van der Waals surface area contributed by atoms with Crippen LogP contribution in [-0.2, 0) is 19.1 Å². The number of halogens is 3. The third-order valence-corrected chi connectivity index (χ3v) is 5.13.